The van der Waals surface area contributed by atoms with Crippen LogP contribution in [0.15, 0.2) is 42.5 Å². The van der Waals surface area contributed by atoms with Crippen LogP contribution >= 0.6 is 11.6 Å². The average molecular weight is 487 g/mol. The molecule has 0 unspecified atom stereocenters. The number of carbonyl (C=O) groups is 2. The Balaban J connectivity index is 2.51. The topological polar surface area (TPSA) is 117 Å². The summed E-state index contributed by atoms with van der Waals surface area (Å²) in [5.41, 5.74) is 3.38. The summed E-state index contributed by atoms with van der Waals surface area (Å²) in [5.74, 6) is 4.44. The highest BCUT2D eigenvalue weighted by molar-refractivity contribution is 6.74. The maximum Gasteiger partial charge on any atom is 0.265 e. The molecular formula is C24H31ClN4O3Si. The fraction of sp³-hybridized carbons (Fsp3) is 0.375. The van der Waals surface area contributed by atoms with Crippen molar-refractivity contribution in [2.75, 3.05) is 5.32 Å². The van der Waals surface area contributed by atoms with Crippen LogP contribution in [0.1, 0.15) is 54.0 Å². The van der Waals surface area contributed by atoms with Crippen molar-refractivity contribution >= 4 is 37.3 Å². The number of Topliss-reactive ketones (excluding diaryl/α,β-unsaturated/α-hetero) is 1. The van der Waals surface area contributed by atoms with Gasteiger partial charge in [-0.25, -0.2) is 5.84 Å². The number of nitrogen functional groups attached to an aromatic ring is 1. The van der Waals surface area contributed by atoms with E-state index in [4.69, 9.17) is 27.1 Å². The molecule has 0 aliphatic heterocycles. The predicted octanol–water partition coefficient (Wildman–Crippen LogP) is 4.89. The summed E-state index contributed by atoms with van der Waals surface area (Å²) in [7, 11) is -2.22. The van der Waals surface area contributed by atoms with E-state index in [1.807, 2.05) is 13.0 Å². The smallest absolute Gasteiger partial charge is 0.265 e. The molecule has 0 spiro atoms. The van der Waals surface area contributed by atoms with Gasteiger partial charge in [0.2, 0.25) is 0 Å². The highest BCUT2D eigenvalue weighted by Gasteiger charge is 2.41. The van der Waals surface area contributed by atoms with Crippen molar-refractivity contribution in [1.29, 1.82) is 5.26 Å². The molecule has 176 valence electrons. The molecule has 7 nitrogen and oxygen atoms in total. The minimum Gasteiger partial charge on any atom is -0.412 e. The Bertz CT molecular complexity index is 1080. The van der Waals surface area contributed by atoms with Crippen molar-refractivity contribution in [1.82, 2.24) is 5.43 Å². The summed E-state index contributed by atoms with van der Waals surface area (Å²) in [6, 6.07) is 12.5. The first kappa shape index (κ1) is 26.5. The lowest BCUT2D eigenvalue weighted by molar-refractivity contribution is 0.0865. The summed E-state index contributed by atoms with van der Waals surface area (Å²) in [4.78, 5) is 26.0. The van der Waals surface area contributed by atoms with Gasteiger partial charge in [-0.05, 0) is 49.3 Å². The van der Waals surface area contributed by atoms with Crippen molar-refractivity contribution in [3.8, 4) is 6.07 Å². The Morgan fingerprint density at radius 2 is 1.76 bits per heavy atom. The highest BCUT2D eigenvalue weighted by Crippen LogP contribution is 2.38. The summed E-state index contributed by atoms with van der Waals surface area (Å²) in [6.45, 7) is 12.4. The van der Waals surface area contributed by atoms with Crippen LogP contribution in [0.3, 0.4) is 0 Å². The molecule has 2 aromatic carbocycles. The van der Waals surface area contributed by atoms with E-state index in [9.17, 15) is 9.59 Å². The van der Waals surface area contributed by atoms with Crippen LogP contribution < -0.4 is 16.6 Å². The lowest BCUT2D eigenvalue weighted by Gasteiger charge is -2.40. The second-order valence-electron chi connectivity index (χ2n) is 9.40. The van der Waals surface area contributed by atoms with E-state index in [0.29, 0.717) is 11.3 Å². The van der Waals surface area contributed by atoms with Gasteiger partial charge in [0.25, 0.3) is 5.91 Å². The summed E-state index contributed by atoms with van der Waals surface area (Å²) in [6.07, 6.45) is -0.526. The van der Waals surface area contributed by atoms with E-state index in [-0.39, 0.29) is 27.0 Å². The zero-order valence-corrected chi connectivity index (χ0v) is 21.6. The van der Waals surface area contributed by atoms with Gasteiger partial charge >= 0.3 is 0 Å². The first-order valence-electron chi connectivity index (χ1n) is 10.6. The highest BCUT2D eigenvalue weighted by atomic mass is 35.5. The number of carbonyl (C=O) groups excluding carboxylic acids is 2. The van der Waals surface area contributed by atoms with E-state index < -0.39 is 26.4 Å². The number of nitrogens with two attached hydrogens (primary N) is 1. The van der Waals surface area contributed by atoms with Gasteiger partial charge in [-0.2, -0.15) is 5.26 Å². The van der Waals surface area contributed by atoms with Crippen LogP contribution in [0.2, 0.25) is 23.2 Å². The van der Waals surface area contributed by atoms with Crippen LogP contribution in [0.4, 0.5) is 5.69 Å². The number of amides is 1. The second kappa shape index (κ2) is 10.5. The predicted molar refractivity (Wildman–Crippen MR) is 134 cm³/mol. The van der Waals surface area contributed by atoms with E-state index in [0.717, 1.165) is 0 Å². The molecule has 1 amide bonds. The molecule has 2 rings (SSSR count). The zero-order chi connectivity index (χ0) is 25.0. The van der Waals surface area contributed by atoms with Gasteiger partial charge in [0.1, 0.15) is 12.1 Å². The van der Waals surface area contributed by atoms with E-state index in [1.54, 1.807) is 42.5 Å². The fourth-order valence-electron chi connectivity index (χ4n) is 3.12. The Morgan fingerprint density at radius 3 is 2.27 bits per heavy atom. The Labute approximate surface area is 201 Å². The Kier molecular flexibility index (Phi) is 8.44. The normalized spacial score (nSPS) is 13.5. The minimum absolute atomic E-state index is 0.0655. The van der Waals surface area contributed by atoms with Gasteiger partial charge in [0.15, 0.2) is 14.1 Å². The first-order valence-corrected chi connectivity index (χ1v) is 13.9. The lowest BCUT2D eigenvalue weighted by atomic mass is 9.95. The molecule has 0 aliphatic carbocycles. The van der Waals surface area contributed by atoms with Crippen molar-refractivity contribution in [2.24, 2.45) is 5.84 Å². The Hall–Kier alpha value is -2.70. The van der Waals surface area contributed by atoms with Gasteiger partial charge in [-0.1, -0.05) is 50.6 Å². The summed E-state index contributed by atoms with van der Waals surface area (Å²) >= 11 is 6.20. The fourth-order valence-corrected chi connectivity index (χ4v) is 4.76. The summed E-state index contributed by atoms with van der Waals surface area (Å²) in [5, 5.41) is 12.6. The zero-order valence-electron chi connectivity index (χ0n) is 19.8. The number of nitrogens with one attached hydrogen (secondary N) is 2. The maximum absolute atomic E-state index is 13.7. The summed E-state index contributed by atoms with van der Waals surface area (Å²) < 4.78 is 6.53. The van der Waals surface area contributed by atoms with Gasteiger partial charge < -0.3 is 9.74 Å². The van der Waals surface area contributed by atoms with Crippen LogP contribution in [0, 0.1) is 11.3 Å². The molecule has 2 aromatic rings. The number of nitrogens with zero attached hydrogens (tertiary/aromatic N) is 1. The molecule has 0 fully saturated rings. The molecule has 0 aliphatic rings. The number of hydrazine groups is 1. The molecule has 33 heavy (non-hydrogen) atoms. The van der Waals surface area contributed by atoms with Crippen molar-refractivity contribution in [3.63, 3.8) is 0 Å². The number of anilines is 1. The molecule has 0 saturated carbocycles. The molecule has 4 N–H and O–H groups in total. The van der Waals surface area contributed by atoms with Gasteiger partial charge in [-0.15, -0.1) is 0 Å². The SMILES string of the molecule is C[C@H](O[Si](C)(C)C(C)(C)C)[C@@H](Nc1ccc(C#N)c(Cl)c1)C(=O)c1ccccc1C(=O)NN. The number of hydrogen-bond donors (Lipinski definition) is 3. The van der Waals surface area contributed by atoms with Gasteiger partial charge in [-0.3, -0.25) is 15.0 Å². The minimum atomic E-state index is -2.22. The Morgan fingerprint density at radius 1 is 1.15 bits per heavy atom. The number of benzene rings is 2. The average Bonchev–Trinajstić information content (AvgIpc) is 2.75. The molecule has 9 heteroatoms. The monoisotopic (exact) mass is 486 g/mol. The van der Waals surface area contributed by atoms with E-state index >= 15 is 0 Å². The lowest BCUT2D eigenvalue weighted by Crippen LogP contribution is -2.50. The number of nitriles is 1. The molecule has 2 atom stereocenters. The van der Waals surface area contributed by atoms with Crippen LogP contribution in [0.5, 0.6) is 0 Å². The van der Waals surface area contributed by atoms with Crippen LogP contribution in [-0.4, -0.2) is 32.2 Å². The van der Waals surface area contributed by atoms with Gasteiger partial charge in [0, 0.05) is 11.3 Å². The molecule has 0 heterocycles. The quantitative estimate of drug-likeness (QED) is 0.161. The van der Waals surface area contributed by atoms with E-state index in [2.05, 4.69) is 44.6 Å². The number of ketones is 1. The van der Waals surface area contributed by atoms with Crippen molar-refractivity contribution in [2.45, 2.75) is 58.0 Å². The standard InChI is InChI=1S/C24H31ClN4O3Si/c1-15(32-33(5,6)24(2,3)4)21(28-17-12-11-16(14-26)20(25)13-17)22(30)18-9-7-8-10-19(18)23(31)29-27/h7-13,15,21,28H,27H2,1-6H3,(H,29,31)/t15-,21+/m0/s1. The van der Waals surface area contributed by atoms with Crippen LogP contribution in [0.25, 0.3) is 0 Å². The third-order valence-corrected chi connectivity index (χ3v) is 10.9. The van der Waals surface area contributed by atoms with Gasteiger partial charge in [0.05, 0.1) is 22.3 Å². The first-order chi connectivity index (χ1) is 15.3. The molecular weight excluding hydrogens is 456 g/mol. The second-order valence-corrected chi connectivity index (χ2v) is 14.6. The third-order valence-electron chi connectivity index (χ3n) is 6.02. The van der Waals surface area contributed by atoms with Crippen LogP contribution in [-0.2, 0) is 4.43 Å². The van der Waals surface area contributed by atoms with Crippen molar-refractivity contribution < 1.29 is 14.0 Å². The van der Waals surface area contributed by atoms with Crippen molar-refractivity contribution in [3.05, 3.63) is 64.2 Å². The molecule has 0 aromatic heterocycles. The molecule has 0 radical (unpaired) electrons. The third kappa shape index (κ3) is 6.21. The van der Waals surface area contributed by atoms with E-state index in [1.165, 1.54) is 0 Å². The number of hydrogen-bond acceptors (Lipinski definition) is 6. The molecule has 0 bridgehead atoms. The maximum atomic E-state index is 13.7. The number of rotatable bonds is 8. The largest absolute Gasteiger partial charge is 0.412 e. The molecule has 0 saturated heterocycles. The number of halogens is 1.